The van der Waals surface area contributed by atoms with Crippen LogP contribution in [0, 0.1) is 6.92 Å². The number of nitrogens with one attached hydrogen (secondary N) is 1. The van der Waals surface area contributed by atoms with Crippen LogP contribution in [0.15, 0.2) is 24.5 Å². The van der Waals surface area contributed by atoms with Gasteiger partial charge in [0.1, 0.15) is 5.82 Å². The minimum Gasteiger partial charge on any atom is -0.478 e. The molecule has 0 aliphatic carbocycles. The van der Waals surface area contributed by atoms with E-state index in [1.54, 1.807) is 36.9 Å². The van der Waals surface area contributed by atoms with Gasteiger partial charge in [-0.15, -0.1) is 0 Å². The number of pyridine rings is 1. The van der Waals surface area contributed by atoms with Gasteiger partial charge >= 0.3 is 5.97 Å². The lowest BCUT2D eigenvalue weighted by Gasteiger charge is -2.07. The van der Waals surface area contributed by atoms with Gasteiger partial charge in [0, 0.05) is 25.1 Å². The number of carbonyl (C=O) groups is 2. The SMILES string of the molecule is Cc1cn(C)c(CC(=O)Nc2ccc(Cl)cn2)c1C(=O)O. The molecule has 0 bridgehead atoms. The van der Waals surface area contributed by atoms with E-state index in [1.165, 1.54) is 6.20 Å². The maximum absolute atomic E-state index is 12.0. The summed E-state index contributed by atoms with van der Waals surface area (Å²) in [6, 6.07) is 3.19. The van der Waals surface area contributed by atoms with E-state index >= 15 is 0 Å². The van der Waals surface area contributed by atoms with Crippen molar-refractivity contribution in [3.63, 3.8) is 0 Å². The van der Waals surface area contributed by atoms with Crippen LogP contribution in [0.5, 0.6) is 0 Å². The fourth-order valence-electron chi connectivity index (χ4n) is 2.13. The predicted octanol–water partition coefficient (Wildman–Crippen LogP) is 2.26. The summed E-state index contributed by atoms with van der Waals surface area (Å²) < 4.78 is 1.65. The lowest BCUT2D eigenvalue weighted by molar-refractivity contribution is -0.115. The van der Waals surface area contributed by atoms with Gasteiger partial charge in [-0.05, 0) is 24.6 Å². The van der Waals surface area contributed by atoms with Gasteiger partial charge in [-0.1, -0.05) is 11.6 Å². The van der Waals surface area contributed by atoms with Gasteiger partial charge in [0.15, 0.2) is 0 Å². The Bertz CT molecular complexity index is 692. The first-order chi connectivity index (χ1) is 9.88. The third kappa shape index (κ3) is 3.41. The van der Waals surface area contributed by atoms with E-state index in [0.717, 1.165) is 0 Å². The highest BCUT2D eigenvalue weighted by atomic mass is 35.5. The maximum Gasteiger partial charge on any atom is 0.337 e. The molecule has 0 aromatic carbocycles. The molecule has 0 saturated heterocycles. The molecule has 0 atom stereocenters. The number of carboxylic acids is 1. The number of halogens is 1. The highest BCUT2D eigenvalue weighted by molar-refractivity contribution is 6.30. The second-order valence-corrected chi connectivity index (χ2v) is 5.07. The normalized spacial score (nSPS) is 10.4. The molecule has 0 saturated carbocycles. The van der Waals surface area contributed by atoms with E-state index in [-0.39, 0.29) is 17.9 Å². The molecule has 0 aliphatic rings. The molecule has 21 heavy (non-hydrogen) atoms. The molecule has 7 heteroatoms. The molecule has 0 unspecified atom stereocenters. The maximum atomic E-state index is 12.0. The van der Waals surface area contributed by atoms with Gasteiger partial charge in [0.25, 0.3) is 0 Å². The van der Waals surface area contributed by atoms with Crippen LogP contribution < -0.4 is 5.32 Å². The summed E-state index contributed by atoms with van der Waals surface area (Å²) in [5, 5.41) is 12.3. The van der Waals surface area contributed by atoms with Gasteiger partial charge in [0.05, 0.1) is 17.0 Å². The van der Waals surface area contributed by atoms with E-state index in [9.17, 15) is 14.7 Å². The van der Waals surface area contributed by atoms with E-state index in [0.29, 0.717) is 22.1 Å². The summed E-state index contributed by atoms with van der Waals surface area (Å²) in [7, 11) is 1.71. The van der Waals surface area contributed by atoms with Crippen LogP contribution in [0.4, 0.5) is 5.82 Å². The first-order valence-corrected chi connectivity index (χ1v) is 6.55. The van der Waals surface area contributed by atoms with Crippen molar-refractivity contribution in [3.8, 4) is 0 Å². The minimum absolute atomic E-state index is 0.0454. The average Bonchev–Trinajstić information content (AvgIpc) is 2.67. The number of aryl methyl sites for hydroxylation is 2. The molecule has 0 aliphatic heterocycles. The summed E-state index contributed by atoms with van der Waals surface area (Å²) >= 11 is 5.71. The van der Waals surface area contributed by atoms with Crippen molar-refractivity contribution in [2.45, 2.75) is 13.3 Å². The molecular formula is C14H14ClN3O3. The van der Waals surface area contributed by atoms with E-state index in [2.05, 4.69) is 10.3 Å². The van der Waals surface area contributed by atoms with Crippen molar-refractivity contribution in [1.82, 2.24) is 9.55 Å². The lowest BCUT2D eigenvalue weighted by Crippen LogP contribution is -2.18. The Hall–Kier alpha value is -2.34. The molecule has 0 radical (unpaired) electrons. The topological polar surface area (TPSA) is 84.2 Å². The Morgan fingerprint density at radius 1 is 1.43 bits per heavy atom. The molecule has 110 valence electrons. The Morgan fingerprint density at radius 3 is 2.71 bits per heavy atom. The standard InChI is InChI=1S/C14H14ClN3O3/c1-8-7-18(2)10(13(8)14(20)21)5-12(19)17-11-4-3-9(15)6-16-11/h3-4,6-7H,5H2,1-2H3,(H,20,21)(H,16,17,19). The molecule has 2 aromatic rings. The van der Waals surface area contributed by atoms with Gasteiger partial charge in [-0.25, -0.2) is 9.78 Å². The Balaban J connectivity index is 2.16. The molecule has 0 spiro atoms. The number of aromatic carboxylic acids is 1. The molecule has 2 N–H and O–H groups in total. The van der Waals surface area contributed by atoms with Crippen LogP contribution in [-0.2, 0) is 18.3 Å². The number of nitrogens with zero attached hydrogens (tertiary/aromatic N) is 2. The number of carbonyl (C=O) groups excluding carboxylic acids is 1. The number of aromatic nitrogens is 2. The Morgan fingerprint density at radius 2 is 2.14 bits per heavy atom. The first-order valence-electron chi connectivity index (χ1n) is 6.18. The van der Waals surface area contributed by atoms with E-state index < -0.39 is 5.97 Å². The average molecular weight is 308 g/mol. The molecule has 6 nitrogen and oxygen atoms in total. The lowest BCUT2D eigenvalue weighted by atomic mass is 10.1. The van der Waals surface area contributed by atoms with Gasteiger partial charge in [-0.3, -0.25) is 4.79 Å². The number of anilines is 1. The van der Waals surface area contributed by atoms with Crippen LogP contribution in [0.3, 0.4) is 0 Å². The van der Waals surface area contributed by atoms with Crippen LogP contribution in [0.25, 0.3) is 0 Å². The number of rotatable bonds is 4. The molecule has 1 amide bonds. The molecular weight excluding hydrogens is 294 g/mol. The number of carboxylic acid groups (broad SMARTS) is 1. The fraction of sp³-hybridized carbons (Fsp3) is 0.214. The van der Waals surface area contributed by atoms with Gasteiger partial charge < -0.3 is 15.0 Å². The Kier molecular flexibility index (Phi) is 4.28. The minimum atomic E-state index is -1.04. The number of amides is 1. The summed E-state index contributed by atoms with van der Waals surface area (Å²) in [6.07, 6.45) is 3.06. The molecule has 2 aromatic heterocycles. The zero-order valence-corrected chi connectivity index (χ0v) is 12.3. The smallest absolute Gasteiger partial charge is 0.337 e. The monoisotopic (exact) mass is 307 g/mol. The third-order valence-corrected chi connectivity index (χ3v) is 3.26. The Labute approximate surface area is 126 Å². The summed E-state index contributed by atoms with van der Waals surface area (Å²) in [4.78, 5) is 27.2. The van der Waals surface area contributed by atoms with Crippen LogP contribution in [-0.4, -0.2) is 26.5 Å². The second kappa shape index (κ2) is 5.97. The van der Waals surface area contributed by atoms with Crippen molar-refractivity contribution in [3.05, 3.63) is 46.4 Å². The van der Waals surface area contributed by atoms with Crippen LogP contribution >= 0.6 is 11.6 Å². The molecule has 2 rings (SSSR count). The zero-order chi connectivity index (χ0) is 15.6. The van der Waals surface area contributed by atoms with E-state index in [4.69, 9.17) is 11.6 Å². The van der Waals surface area contributed by atoms with Crippen molar-refractivity contribution in [1.29, 1.82) is 0 Å². The number of hydrogen-bond acceptors (Lipinski definition) is 3. The van der Waals surface area contributed by atoms with Gasteiger partial charge in [0.2, 0.25) is 5.91 Å². The molecule has 2 heterocycles. The first kappa shape index (κ1) is 15.1. The van der Waals surface area contributed by atoms with Gasteiger partial charge in [-0.2, -0.15) is 0 Å². The quantitative estimate of drug-likeness (QED) is 0.907. The van der Waals surface area contributed by atoms with Crippen LogP contribution in [0.1, 0.15) is 21.6 Å². The predicted molar refractivity (Wildman–Crippen MR) is 78.7 cm³/mol. The van der Waals surface area contributed by atoms with Crippen molar-refractivity contribution in [2.75, 3.05) is 5.32 Å². The third-order valence-electron chi connectivity index (χ3n) is 3.03. The van der Waals surface area contributed by atoms with Crippen LogP contribution in [0.2, 0.25) is 5.02 Å². The summed E-state index contributed by atoms with van der Waals surface area (Å²) in [5.74, 6) is -1.01. The largest absolute Gasteiger partial charge is 0.478 e. The van der Waals surface area contributed by atoms with Crippen molar-refractivity contribution in [2.24, 2.45) is 7.05 Å². The van der Waals surface area contributed by atoms with Crippen molar-refractivity contribution >= 4 is 29.3 Å². The zero-order valence-electron chi connectivity index (χ0n) is 11.6. The molecule has 0 fully saturated rings. The number of hydrogen-bond donors (Lipinski definition) is 2. The fourth-order valence-corrected chi connectivity index (χ4v) is 2.24. The second-order valence-electron chi connectivity index (χ2n) is 4.64. The summed E-state index contributed by atoms with van der Waals surface area (Å²) in [6.45, 7) is 1.70. The van der Waals surface area contributed by atoms with E-state index in [1.807, 2.05) is 0 Å². The highest BCUT2D eigenvalue weighted by Crippen LogP contribution is 2.17. The highest BCUT2D eigenvalue weighted by Gasteiger charge is 2.20. The summed E-state index contributed by atoms with van der Waals surface area (Å²) in [5.41, 5.74) is 1.24. The van der Waals surface area contributed by atoms with Crippen molar-refractivity contribution < 1.29 is 14.7 Å².